The smallest absolute Gasteiger partial charge is 0.239 e. The zero-order valence-corrected chi connectivity index (χ0v) is 12.2. The van der Waals surface area contributed by atoms with E-state index in [1.165, 1.54) is 19.3 Å². The van der Waals surface area contributed by atoms with Gasteiger partial charge in [-0.05, 0) is 44.0 Å². The standard InChI is InChI=1S/C16H24N2O2/c1-2-20-15-10-8-13(9-11-15)17-12-16(19)18-14-6-4-3-5-7-14/h8-11,14,17H,2-7,12H2,1H3,(H,18,19). The van der Waals surface area contributed by atoms with Gasteiger partial charge in [0, 0.05) is 11.7 Å². The lowest BCUT2D eigenvalue weighted by Crippen LogP contribution is -2.39. The number of amides is 1. The van der Waals surface area contributed by atoms with Crippen molar-refractivity contribution in [3.63, 3.8) is 0 Å². The zero-order chi connectivity index (χ0) is 14.2. The van der Waals surface area contributed by atoms with Crippen LogP contribution in [0, 0.1) is 0 Å². The molecule has 20 heavy (non-hydrogen) atoms. The van der Waals surface area contributed by atoms with Crippen molar-refractivity contribution in [2.45, 2.75) is 45.1 Å². The first-order chi connectivity index (χ1) is 9.78. The van der Waals surface area contributed by atoms with Crippen LogP contribution in [-0.4, -0.2) is 25.1 Å². The Labute approximate surface area is 120 Å². The van der Waals surface area contributed by atoms with Gasteiger partial charge in [0.15, 0.2) is 0 Å². The van der Waals surface area contributed by atoms with E-state index in [1.807, 2.05) is 31.2 Å². The summed E-state index contributed by atoms with van der Waals surface area (Å²) < 4.78 is 5.38. The van der Waals surface area contributed by atoms with Gasteiger partial charge in [-0.3, -0.25) is 4.79 Å². The van der Waals surface area contributed by atoms with Gasteiger partial charge >= 0.3 is 0 Å². The van der Waals surface area contributed by atoms with Crippen molar-refractivity contribution >= 4 is 11.6 Å². The van der Waals surface area contributed by atoms with E-state index in [4.69, 9.17) is 4.74 Å². The van der Waals surface area contributed by atoms with Crippen LogP contribution in [0.2, 0.25) is 0 Å². The van der Waals surface area contributed by atoms with Crippen LogP contribution in [0.3, 0.4) is 0 Å². The largest absolute Gasteiger partial charge is 0.494 e. The third-order valence-corrected chi connectivity index (χ3v) is 3.59. The Morgan fingerprint density at radius 1 is 1.20 bits per heavy atom. The molecule has 0 heterocycles. The van der Waals surface area contributed by atoms with Crippen LogP contribution in [0.25, 0.3) is 0 Å². The summed E-state index contributed by atoms with van der Waals surface area (Å²) in [6.07, 6.45) is 6.01. The molecule has 1 saturated carbocycles. The van der Waals surface area contributed by atoms with E-state index >= 15 is 0 Å². The second kappa shape index (κ2) is 7.78. The van der Waals surface area contributed by atoms with Gasteiger partial charge in [0.2, 0.25) is 5.91 Å². The molecule has 4 nitrogen and oxygen atoms in total. The van der Waals surface area contributed by atoms with E-state index in [-0.39, 0.29) is 5.91 Å². The fourth-order valence-corrected chi connectivity index (χ4v) is 2.54. The van der Waals surface area contributed by atoms with Gasteiger partial charge in [0.25, 0.3) is 0 Å². The van der Waals surface area contributed by atoms with E-state index in [9.17, 15) is 4.79 Å². The molecular weight excluding hydrogens is 252 g/mol. The van der Waals surface area contributed by atoms with Crippen LogP contribution in [-0.2, 0) is 4.79 Å². The molecule has 0 unspecified atom stereocenters. The van der Waals surface area contributed by atoms with Crippen molar-refractivity contribution in [3.05, 3.63) is 24.3 Å². The van der Waals surface area contributed by atoms with Crippen LogP contribution in [0.15, 0.2) is 24.3 Å². The van der Waals surface area contributed by atoms with Crippen molar-refractivity contribution in [2.75, 3.05) is 18.5 Å². The maximum absolute atomic E-state index is 11.9. The molecule has 1 aliphatic carbocycles. The Balaban J connectivity index is 1.72. The Hall–Kier alpha value is -1.71. The summed E-state index contributed by atoms with van der Waals surface area (Å²) in [5, 5.41) is 6.23. The number of rotatable bonds is 6. The Bertz CT molecular complexity index is 411. The molecule has 2 N–H and O–H groups in total. The predicted molar refractivity (Wildman–Crippen MR) is 81.1 cm³/mol. The van der Waals surface area contributed by atoms with Gasteiger partial charge in [-0.25, -0.2) is 0 Å². The minimum absolute atomic E-state index is 0.0748. The van der Waals surface area contributed by atoms with Gasteiger partial charge in [0.1, 0.15) is 5.75 Å². The fourth-order valence-electron chi connectivity index (χ4n) is 2.54. The highest BCUT2D eigenvalue weighted by Gasteiger charge is 2.15. The number of carbonyl (C=O) groups is 1. The summed E-state index contributed by atoms with van der Waals surface area (Å²) >= 11 is 0. The summed E-state index contributed by atoms with van der Waals surface area (Å²) in [4.78, 5) is 11.9. The lowest BCUT2D eigenvalue weighted by Gasteiger charge is -2.22. The maximum Gasteiger partial charge on any atom is 0.239 e. The van der Waals surface area contributed by atoms with Crippen molar-refractivity contribution < 1.29 is 9.53 Å². The molecule has 110 valence electrons. The van der Waals surface area contributed by atoms with Crippen LogP contribution in [0.4, 0.5) is 5.69 Å². The topological polar surface area (TPSA) is 50.4 Å². The molecule has 1 aromatic carbocycles. The molecule has 0 atom stereocenters. The van der Waals surface area contributed by atoms with Crippen LogP contribution in [0.5, 0.6) is 5.75 Å². The third-order valence-electron chi connectivity index (χ3n) is 3.59. The number of benzene rings is 1. The molecule has 1 aromatic rings. The highest BCUT2D eigenvalue weighted by atomic mass is 16.5. The van der Waals surface area contributed by atoms with Crippen molar-refractivity contribution in [1.29, 1.82) is 0 Å². The third kappa shape index (κ3) is 4.76. The molecule has 1 amide bonds. The maximum atomic E-state index is 11.9. The predicted octanol–water partition coefficient (Wildman–Crippen LogP) is 2.95. The number of anilines is 1. The Morgan fingerprint density at radius 2 is 1.90 bits per heavy atom. The highest BCUT2D eigenvalue weighted by Crippen LogP contribution is 2.17. The average Bonchev–Trinajstić information content (AvgIpc) is 2.48. The summed E-state index contributed by atoms with van der Waals surface area (Å²) in [5.41, 5.74) is 0.937. The molecule has 0 saturated heterocycles. The first kappa shape index (κ1) is 14.7. The lowest BCUT2D eigenvalue weighted by molar-refractivity contribution is -0.120. The number of nitrogens with one attached hydrogen (secondary N) is 2. The molecule has 1 aliphatic rings. The Morgan fingerprint density at radius 3 is 2.55 bits per heavy atom. The van der Waals surface area contributed by atoms with Gasteiger partial charge < -0.3 is 15.4 Å². The first-order valence-electron chi connectivity index (χ1n) is 7.54. The van der Waals surface area contributed by atoms with Crippen molar-refractivity contribution in [2.24, 2.45) is 0 Å². The van der Waals surface area contributed by atoms with Gasteiger partial charge in [0.05, 0.1) is 13.2 Å². The van der Waals surface area contributed by atoms with Crippen molar-refractivity contribution in [3.8, 4) is 5.75 Å². The first-order valence-corrected chi connectivity index (χ1v) is 7.54. The van der Waals surface area contributed by atoms with Gasteiger partial charge in [-0.2, -0.15) is 0 Å². The summed E-state index contributed by atoms with van der Waals surface area (Å²) in [6.45, 7) is 2.95. The minimum atomic E-state index is 0.0748. The molecule has 0 radical (unpaired) electrons. The van der Waals surface area contributed by atoms with Crippen molar-refractivity contribution in [1.82, 2.24) is 5.32 Å². The summed E-state index contributed by atoms with van der Waals surface area (Å²) in [7, 11) is 0. The summed E-state index contributed by atoms with van der Waals surface area (Å²) in [5.74, 6) is 0.926. The minimum Gasteiger partial charge on any atom is -0.494 e. The molecule has 0 bridgehead atoms. The molecule has 2 rings (SSSR count). The second-order valence-electron chi connectivity index (χ2n) is 5.21. The molecule has 4 heteroatoms. The number of carbonyl (C=O) groups excluding carboxylic acids is 1. The van der Waals surface area contributed by atoms with E-state index in [0.717, 1.165) is 24.3 Å². The van der Waals surface area contributed by atoms with Gasteiger partial charge in [-0.15, -0.1) is 0 Å². The molecule has 0 spiro atoms. The van der Waals surface area contributed by atoms with Gasteiger partial charge in [-0.1, -0.05) is 19.3 Å². The summed E-state index contributed by atoms with van der Waals surface area (Å²) in [6, 6.07) is 8.05. The average molecular weight is 276 g/mol. The fraction of sp³-hybridized carbons (Fsp3) is 0.562. The normalized spacial score (nSPS) is 15.7. The SMILES string of the molecule is CCOc1ccc(NCC(=O)NC2CCCCC2)cc1. The quantitative estimate of drug-likeness (QED) is 0.840. The van der Waals surface area contributed by atoms with Crippen LogP contribution < -0.4 is 15.4 Å². The van der Waals surface area contributed by atoms with Crippen LogP contribution >= 0.6 is 0 Å². The van der Waals surface area contributed by atoms with Crippen LogP contribution in [0.1, 0.15) is 39.0 Å². The Kier molecular flexibility index (Phi) is 5.71. The van der Waals surface area contributed by atoms with E-state index in [1.54, 1.807) is 0 Å². The molecule has 0 aromatic heterocycles. The van der Waals surface area contributed by atoms with E-state index in [0.29, 0.717) is 19.2 Å². The van der Waals surface area contributed by atoms with E-state index in [2.05, 4.69) is 10.6 Å². The second-order valence-corrected chi connectivity index (χ2v) is 5.21. The van der Waals surface area contributed by atoms with E-state index < -0.39 is 0 Å². The zero-order valence-electron chi connectivity index (χ0n) is 12.2. The number of ether oxygens (including phenoxy) is 1. The highest BCUT2D eigenvalue weighted by molar-refractivity contribution is 5.81. The monoisotopic (exact) mass is 276 g/mol. The number of hydrogen-bond donors (Lipinski definition) is 2. The lowest BCUT2D eigenvalue weighted by atomic mass is 9.95. The molecular formula is C16H24N2O2. The molecule has 1 fully saturated rings. The molecule has 0 aliphatic heterocycles. The number of hydrogen-bond acceptors (Lipinski definition) is 3.